The van der Waals surface area contributed by atoms with Crippen LogP contribution in [0.4, 0.5) is 34.1 Å². The van der Waals surface area contributed by atoms with Crippen molar-refractivity contribution >= 4 is 77.7 Å². The minimum absolute atomic E-state index is 0.574. The minimum atomic E-state index is 0.574. The molecule has 0 aliphatic heterocycles. The van der Waals surface area contributed by atoms with Crippen molar-refractivity contribution in [2.24, 2.45) is 0 Å². The van der Waals surface area contributed by atoms with Crippen LogP contribution in [0.5, 0.6) is 0 Å². The molecular weight excluding hydrogens is 1370 g/mol. The number of hydrogen-bond donors (Lipinski definition) is 0. The molecule has 112 heavy (non-hydrogen) atoms. The average molecular weight is 1440 g/mol. The van der Waals surface area contributed by atoms with Gasteiger partial charge in [0.15, 0.2) is 23.3 Å². The Morgan fingerprint density at radius 1 is 0.170 bits per heavy atom. The lowest BCUT2D eigenvalue weighted by Crippen LogP contribution is -2.10. The van der Waals surface area contributed by atoms with Gasteiger partial charge in [0.2, 0.25) is 11.9 Å². The fraction of sp³-hybridized carbons (Fsp3) is 0. The number of hydrogen-bond acceptors (Lipinski definition) is 8. The van der Waals surface area contributed by atoms with Crippen molar-refractivity contribution in [3.05, 3.63) is 425 Å². The molecule has 20 aromatic rings. The van der Waals surface area contributed by atoms with Gasteiger partial charge in [-0.05, 0) is 130 Å². The molecule has 528 valence electrons. The summed E-state index contributed by atoms with van der Waals surface area (Å²) in [6.45, 7) is 0. The first kappa shape index (κ1) is 67.4. The number of anilines is 6. The van der Waals surface area contributed by atoms with Gasteiger partial charge >= 0.3 is 0 Å². The second-order valence-corrected chi connectivity index (χ2v) is 27.4. The fourth-order valence-corrected chi connectivity index (χ4v) is 15.1. The van der Waals surface area contributed by atoms with Crippen molar-refractivity contribution in [2.75, 3.05) is 9.80 Å². The van der Waals surface area contributed by atoms with Gasteiger partial charge in [-0.2, -0.15) is 19.9 Å². The normalized spacial score (nSPS) is 11.2. The van der Waals surface area contributed by atoms with E-state index in [4.69, 9.17) is 29.9 Å². The van der Waals surface area contributed by atoms with Crippen LogP contribution in [0, 0.1) is 0 Å². The molecule has 16 aromatic carbocycles. The number of aromatic nitrogens is 8. The molecule has 0 atom stereocenters. The van der Waals surface area contributed by atoms with Gasteiger partial charge in [0.1, 0.15) is 0 Å². The molecule has 0 spiro atoms. The van der Waals surface area contributed by atoms with Crippen molar-refractivity contribution in [1.29, 1.82) is 0 Å². The molecule has 0 aliphatic rings. The number of fused-ring (bicyclic) bond motifs is 6. The number of para-hydroxylation sites is 9. The van der Waals surface area contributed by atoms with E-state index in [9.17, 15) is 0 Å². The smallest absolute Gasteiger partial charge is 0.238 e. The number of rotatable bonds is 16. The van der Waals surface area contributed by atoms with Crippen LogP contribution in [-0.4, -0.2) is 39.0 Å². The second-order valence-electron chi connectivity index (χ2n) is 27.4. The topological polar surface area (TPSA) is 93.7 Å². The van der Waals surface area contributed by atoms with Crippen LogP contribution in [0.1, 0.15) is 0 Å². The van der Waals surface area contributed by atoms with Gasteiger partial charge in [-0.15, -0.1) is 0 Å². The van der Waals surface area contributed by atoms with E-state index in [2.05, 4.69) is 419 Å². The van der Waals surface area contributed by atoms with Crippen LogP contribution in [0.2, 0.25) is 0 Å². The van der Waals surface area contributed by atoms with E-state index < -0.39 is 0 Å². The van der Waals surface area contributed by atoms with Crippen LogP contribution in [0.15, 0.2) is 425 Å². The molecule has 0 radical (unpaired) electrons. The molecule has 0 N–H and O–H groups in total. The molecule has 0 fully saturated rings. The van der Waals surface area contributed by atoms with Crippen molar-refractivity contribution in [3.8, 4) is 102 Å². The Labute approximate surface area is 649 Å². The van der Waals surface area contributed by atoms with Gasteiger partial charge < -0.3 is 9.80 Å². The van der Waals surface area contributed by atoms with Crippen molar-refractivity contribution in [1.82, 2.24) is 39.0 Å². The summed E-state index contributed by atoms with van der Waals surface area (Å²) in [6, 6.07) is 148. The lowest BCUT2D eigenvalue weighted by atomic mass is 10.00. The Morgan fingerprint density at radius 2 is 0.420 bits per heavy atom. The zero-order valence-corrected chi connectivity index (χ0v) is 60.9. The molecule has 0 amide bonds. The predicted molar refractivity (Wildman–Crippen MR) is 461 cm³/mol. The van der Waals surface area contributed by atoms with Crippen LogP contribution >= 0.6 is 0 Å². The monoisotopic (exact) mass is 1430 g/mol. The molecule has 0 unspecified atom stereocenters. The van der Waals surface area contributed by atoms with E-state index in [1.807, 2.05) is 24.3 Å². The van der Waals surface area contributed by atoms with Gasteiger partial charge in [-0.3, -0.25) is 9.13 Å². The maximum atomic E-state index is 5.20. The molecule has 0 saturated carbocycles. The zero-order chi connectivity index (χ0) is 74.5. The molecular formula is C102H70N10. The first-order valence-electron chi connectivity index (χ1n) is 37.6. The van der Waals surface area contributed by atoms with Gasteiger partial charge in [0.05, 0.1) is 27.8 Å². The van der Waals surface area contributed by atoms with Crippen LogP contribution in [0.25, 0.3) is 146 Å². The van der Waals surface area contributed by atoms with Gasteiger partial charge in [0.25, 0.3) is 0 Å². The summed E-state index contributed by atoms with van der Waals surface area (Å²) in [7, 11) is 0. The van der Waals surface area contributed by atoms with E-state index in [1.54, 1.807) is 0 Å². The fourth-order valence-electron chi connectivity index (χ4n) is 15.1. The highest BCUT2D eigenvalue weighted by atomic mass is 15.2. The molecule has 4 aromatic heterocycles. The van der Waals surface area contributed by atoms with Crippen LogP contribution in [-0.2, 0) is 0 Å². The first-order chi connectivity index (χ1) is 55.5. The summed E-state index contributed by atoms with van der Waals surface area (Å²) >= 11 is 0. The summed E-state index contributed by atoms with van der Waals surface area (Å²) < 4.78 is 4.31. The summed E-state index contributed by atoms with van der Waals surface area (Å²) in [6.07, 6.45) is 0. The standard InChI is InChI=1S/2C51H35N5/c1-4-16-36(17-5-1)37-28-32-39(33-29-37)49-52-50(54-51(53-49)56-47-26-14-11-23-44(47)45-24-12-15-27-48(45)56)40-34-30-38(31-35-40)43-22-10-13-25-46(43)55(41-18-6-2-7-19-41)42-20-8-3-9-21-42;1-4-15-36(16-5-1)37-27-31-39(32-28-37)49-52-50(54-51(53-49)56-47-25-12-10-23-45(47)46-24-11-13-26-48(46)56)40-33-29-38(30-34-40)41-17-14-22-44(35-41)55(42-18-6-2-7-19-42)43-20-8-3-9-21-43/h2*1-35H. The zero-order valence-electron chi connectivity index (χ0n) is 60.9. The number of benzene rings is 16. The van der Waals surface area contributed by atoms with E-state index in [1.165, 1.54) is 11.1 Å². The van der Waals surface area contributed by atoms with Crippen molar-refractivity contribution < 1.29 is 0 Å². The summed E-state index contributed by atoms with van der Waals surface area (Å²) in [5.41, 5.74) is 23.4. The van der Waals surface area contributed by atoms with E-state index in [-0.39, 0.29) is 0 Å². The Balaban J connectivity index is 0.000000151. The molecule has 20 rings (SSSR count). The number of nitrogens with zero attached hydrogens (tertiary/aromatic N) is 10. The molecule has 10 nitrogen and oxygen atoms in total. The maximum absolute atomic E-state index is 5.20. The maximum Gasteiger partial charge on any atom is 0.238 e. The first-order valence-corrected chi connectivity index (χ1v) is 37.6. The SMILES string of the molecule is c1ccc(-c2ccc(-c3nc(-c4ccc(-c5cccc(N(c6ccccc6)c6ccccc6)c5)cc4)nc(-n4c5ccccc5c5ccccc54)n3)cc2)cc1.c1ccc(-c2ccc(-c3nc(-c4ccc(-c5ccccc5N(c5ccccc5)c5ccccc5)cc4)nc(-n4c5ccccc5c5ccccc54)n3)cc2)cc1. The highest BCUT2D eigenvalue weighted by Gasteiger charge is 2.23. The largest absolute Gasteiger partial charge is 0.310 e. The summed E-state index contributed by atoms with van der Waals surface area (Å²) in [4.78, 5) is 35.5. The van der Waals surface area contributed by atoms with Gasteiger partial charge in [-0.1, -0.05) is 334 Å². The molecule has 0 aliphatic carbocycles. The highest BCUT2D eigenvalue weighted by Crippen LogP contribution is 2.43. The third-order valence-electron chi connectivity index (χ3n) is 20.5. The van der Waals surface area contributed by atoms with E-state index in [0.717, 1.165) is 133 Å². The van der Waals surface area contributed by atoms with Crippen molar-refractivity contribution in [3.63, 3.8) is 0 Å². The lowest BCUT2D eigenvalue weighted by Gasteiger charge is -2.27. The third-order valence-corrected chi connectivity index (χ3v) is 20.5. The Morgan fingerprint density at radius 3 is 0.777 bits per heavy atom. The lowest BCUT2D eigenvalue weighted by molar-refractivity contribution is 0.953. The van der Waals surface area contributed by atoms with E-state index >= 15 is 0 Å². The molecule has 10 heteroatoms. The summed E-state index contributed by atoms with van der Waals surface area (Å²) in [5, 5.41) is 4.62. The molecule has 0 bridgehead atoms. The molecule has 4 heterocycles. The minimum Gasteiger partial charge on any atom is -0.310 e. The molecule has 0 saturated heterocycles. The average Bonchev–Trinajstić information content (AvgIpc) is 1.58. The van der Waals surface area contributed by atoms with E-state index in [0.29, 0.717) is 35.2 Å². The quantitative estimate of drug-likeness (QED) is 0.0944. The van der Waals surface area contributed by atoms with Gasteiger partial charge in [0, 0.05) is 77.8 Å². The Bertz CT molecular complexity index is 6510. The van der Waals surface area contributed by atoms with Crippen LogP contribution < -0.4 is 9.80 Å². The van der Waals surface area contributed by atoms with Crippen LogP contribution in [0.3, 0.4) is 0 Å². The van der Waals surface area contributed by atoms with Gasteiger partial charge in [-0.25, -0.2) is 9.97 Å². The predicted octanol–water partition coefficient (Wildman–Crippen LogP) is 26.2. The third kappa shape index (κ3) is 13.3. The Kier molecular flexibility index (Phi) is 18.1. The second kappa shape index (κ2) is 30.2. The Hall–Kier alpha value is -15.3. The highest BCUT2D eigenvalue weighted by molar-refractivity contribution is 6.10. The summed E-state index contributed by atoms with van der Waals surface area (Å²) in [5.74, 6) is 3.60. The van der Waals surface area contributed by atoms with Crippen molar-refractivity contribution in [2.45, 2.75) is 0 Å².